The Hall–Kier alpha value is -1.50. The highest BCUT2D eigenvalue weighted by molar-refractivity contribution is 5.72. The number of hydrogen-bond donors (Lipinski definition) is 1. The van der Waals surface area contributed by atoms with Crippen molar-refractivity contribution in [1.29, 1.82) is 0 Å². The Balaban J connectivity index is 3.01. The van der Waals surface area contributed by atoms with Gasteiger partial charge in [0.1, 0.15) is 0 Å². The van der Waals surface area contributed by atoms with Gasteiger partial charge in [-0.3, -0.25) is 0 Å². The van der Waals surface area contributed by atoms with Crippen LogP contribution in [0.2, 0.25) is 0 Å². The number of aliphatic carboxylic acids is 1. The van der Waals surface area contributed by atoms with Crippen molar-refractivity contribution in [2.75, 3.05) is 0 Å². The topological polar surface area (TPSA) is 51.5 Å². The quantitative estimate of drug-likeness (QED) is 0.890. The first kappa shape index (κ1) is 14.6. The zero-order chi connectivity index (χ0) is 13.9. The van der Waals surface area contributed by atoms with Crippen molar-refractivity contribution in [3.05, 3.63) is 24.0 Å². The molecule has 7 heteroatoms. The van der Waals surface area contributed by atoms with Crippen molar-refractivity contribution in [2.45, 2.75) is 31.7 Å². The molecule has 0 fully saturated rings. The molecule has 0 saturated heterocycles. The van der Waals surface area contributed by atoms with Gasteiger partial charge >= 0.3 is 12.1 Å². The van der Waals surface area contributed by atoms with Gasteiger partial charge in [0.15, 0.2) is 12.2 Å². The molecular formula is C11H14F3NO3. The number of alkyl halides is 3. The minimum Gasteiger partial charge on any atom is -0.479 e. The molecule has 1 aromatic rings. The molecule has 102 valence electrons. The number of hydrogen-bond acceptors (Lipinski definition) is 2. The van der Waals surface area contributed by atoms with Crippen molar-refractivity contribution < 1.29 is 27.8 Å². The normalized spacial score (nSPS) is 15.4. The van der Waals surface area contributed by atoms with E-state index in [1.54, 1.807) is 0 Å². The Bertz CT molecular complexity index is 414. The Morgan fingerprint density at radius 3 is 2.50 bits per heavy atom. The molecule has 0 bridgehead atoms. The molecule has 0 aliphatic carbocycles. The lowest BCUT2D eigenvalue weighted by Gasteiger charge is -2.24. The summed E-state index contributed by atoms with van der Waals surface area (Å²) >= 11 is 0. The van der Waals surface area contributed by atoms with E-state index in [1.165, 1.54) is 36.9 Å². The van der Waals surface area contributed by atoms with Gasteiger partial charge in [0, 0.05) is 13.2 Å². The number of carboxylic acid groups (broad SMARTS) is 1. The SMILES string of the molecule is CCC(OC(c1cccn1C)C(F)(F)F)C(=O)O. The molecule has 1 aromatic heterocycles. The van der Waals surface area contributed by atoms with E-state index in [-0.39, 0.29) is 12.1 Å². The molecule has 0 aliphatic heterocycles. The van der Waals surface area contributed by atoms with E-state index >= 15 is 0 Å². The van der Waals surface area contributed by atoms with Gasteiger partial charge in [-0.15, -0.1) is 0 Å². The van der Waals surface area contributed by atoms with Crippen LogP contribution in [0.1, 0.15) is 25.1 Å². The number of rotatable bonds is 5. The number of halogens is 3. The molecule has 2 atom stereocenters. The van der Waals surface area contributed by atoms with Gasteiger partial charge in [-0.25, -0.2) is 4.79 Å². The van der Waals surface area contributed by atoms with Crippen molar-refractivity contribution in [2.24, 2.45) is 7.05 Å². The summed E-state index contributed by atoms with van der Waals surface area (Å²) in [6.45, 7) is 1.46. The third kappa shape index (κ3) is 3.25. The largest absolute Gasteiger partial charge is 0.479 e. The highest BCUT2D eigenvalue weighted by Crippen LogP contribution is 2.37. The molecule has 1 rings (SSSR count). The predicted molar refractivity (Wildman–Crippen MR) is 57.0 cm³/mol. The van der Waals surface area contributed by atoms with Crippen LogP contribution in [0.3, 0.4) is 0 Å². The summed E-state index contributed by atoms with van der Waals surface area (Å²) < 4.78 is 44.6. The second-order valence-electron chi connectivity index (χ2n) is 3.84. The zero-order valence-electron chi connectivity index (χ0n) is 9.94. The van der Waals surface area contributed by atoms with Crippen LogP contribution in [-0.4, -0.2) is 27.9 Å². The Labute approximate surface area is 102 Å². The third-order valence-corrected chi connectivity index (χ3v) is 2.50. The van der Waals surface area contributed by atoms with Gasteiger partial charge in [0.2, 0.25) is 0 Å². The van der Waals surface area contributed by atoms with E-state index < -0.39 is 24.4 Å². The molecule has 4 nitrogen and oxygen atoms in total. The summed E-state index contributed by atoms with van der Waals surface area (Å²) in [4.78, 5) is 10.7. The van der Waals surface area contributed by atoms with Crippen LogP contribution in [-0.2, 0) is 16.6 Å². The number of carboxylic acids is 1. The zero-order valence-corrected chi connectivity index (χ0v) is 9.94. The van der Waals surface area contributed by atoms with Crippen molar-refractivity contribution >= 4 is 5.97 Å². The van der Waals surface area contributed by atoms with E-state index in [9.17, 15) is 18.0 Å². The number of nitrogens with zero attached hydrogens (tertiary/aromatic N) is 1. The van der Waals surface area contributed by atoms with Crippen LogP contribution in [0.5, 0.6) is 0 Å². The van der Waals surface area contributed by atoms with Gasteiger partial charge in [-0.1, -0.05) is 6.92 Å². The summed E-state index contributed by atoms with van der Waals surface area (Å²) in [5, 5.41) is 8.76. The highest BCUT2D eigenvalue weighted by atomic mass is 19.4. The van der Waals surface area contributed by atoms with Crippen LogP contribution in [0.15, 0.2) is 18.3 Å². The first-order valence-corrected chi connectivity index (χ1v) is 5.33. The smallest absolute Gasteiger partial charge is 0.420 e. The highest BCUT2D eigenvalue weighted by Gasteiger charge is 2.45. The number of ether oxygens (including phenoxy) is 1. The molecule has 0 spiro atoms. The average molecular weight is 265 g/mol. The number of aryl methyl sites for hydroxylation is 1. The van der Waals surface area contributed by atoms with Crippen molar-refractivity contribution in [1.82, 2.24) is 4.57 Å². The van der Waals surface area contributed by atoms with Crippen molar-refractivity contribution in [3.63, 3.8) is 0 Å². The van der Waals surface area contributed by atoms with E-state index in [4.69, 9.17) is 9.84 Å². The van der Waals surface area contributed by atoms with Crippen LogP contribution in [0.4, 0.5) is 13.2 Å². The maximum atomic E-state index is 12.9. The molecule has 2 unspecified atom stereocenters. The predicted octanol–water partition coefficient (Wildman–Crippen LogP) is 2.51. The fraction of sp³-hybridized carbons (Fsp3) is 0.545. The molecular weight excluding hydrogens is 251 g/mol. The van der Waals surface area contributed by atoms with Gasteiger partial charge in [-0.05, 0) is 18.6 Å². The fourth-order valence-electron chi connectivity index (χ4n) is 1.55. The summed E-state index contributed by atoms with van der Waals surface area (Å²) in [5.41, 5.74) is -0.123. The maximum Gasteiger partial charge on any atom is 0.420 e. The Morgan fingerprint density at radius 2 is 2.17 bits per heavy atom. The average Bonchev–Trinajstić information content (AvgIpc) is 2.63. The van der Waals surface area contributed by atoms with Crippen LogP contribution in [0.25, 0.3) is 0 Å². The lowest BCUT2D eigenvalue weighted by Crippen LogP contribution is -2.33. The summed E-state index contributed by atoms with van der Waals surface area (Å²) in [5.74, 6) is -1.40. The molecule has 1 N–H and O–H groups in total. The second kappa shape index (κ2) is 5.43. The number of carbonyl (C=O) groups is 1. The summed E-state index contributed by atoms with van der Waals surface area (Å²) in [7, 11) is 1.44. The van der Waals surface area contributed by atoms with E-state index in [2.05, 4.69) is 0 Å². The van der Waals surface area contributed by atoms with Gasteiger partial charge < -0.3 is 14.4 Å². The van der Waals surface area contributed by atoms with Crippen molar-refractivity contribution in [3.8, 4) is 0 Å². The first-order valence-electron chi connectivity index (χ1n) is 5.33. The molecule has 1 heterocycles. The van der Waals surface area contributed by atoms with Gasteiger partial charge in [0.05, 0.1) is 5.69 Å². The lowest BCUT2D eigenvalue weighted by atomic mass is 10.2. The molecule has 0 aromatic carbocycles. The number of aromatic nitrogens is 1. The molecule has 18 heavy (non-hydrogen) atoms. The first-order chi connectivity index (χ1) is 8.27. The second-order valence-corrected chi connectivity index (χ2v) is 3.84. The maximum absolute atomic E-state index is 12.9. The Kier molecular flexibility index (Phi) is 4.39. The molecule has 0 amide bonds. The van der Waals surface area contributed by atoms with Crippen LogP contribution in [0, 0.1) is 0 Å². The minimum absolute atomic E-state index is 0.0354. The van der Waals surface area contributed by atoms with Crippen LogP contribution < -0.4 is 0 Å². The fourth-order valence-corrected chi connectivity index (χ4v) is 1.55. The standard InChI is InChI=1S/C11H14F3NO3/c1-3-8(10(16)17)18-9(11(12,13)14)7-5-4-6-15(7)2/h4-6,8-9H,3H2,1-2H3,(H,16,17). The van der Waals surface area contributed by atoms with E-state index in [1.807, 2.05) is 0 Å². The van der Waals surface area contributed by atoms with Gasteiger partial charge in [0.25, 0.3) is 0 Å². The molecule has 0 saturated carbocycles. The monoisotopic (exact) mass is 265 g/mol. The minimum atomic E-state index is -4.66. The van der Waals surface area contributed by atoms with E-state index in [0.717, 1.165) is 0 Å². The van der Waals surface area contributed by atoms with Gasteiger partial charge in [-0.2, -0.15) is 13.2 Å². The summed E-state index contributed by atoms with van der Waals surface area (Å²) in [6, 6.07) is 2.70. The lowest BCUT2D eigenvalue weighted by molar-refractivity contribution is -0.239. The van der Waals surface area contributed by atoms with Crippen LogP contribution >= 0.6 is 0 Å². The Morgan fingerprint density at radius 1 is 1.56 bits per heavy atom. The van der Waals surface area contributed by atoms with E-state index in [0.29, 0.717) is 0 Å². The summed E-state index contributed by atoms with van der Waals surface area (Å²) in [6.07, 6.45) is -6.97. The molecule has 0 radical (unpaired) electrons. The third-order valence-electron chi connectivity index (χ3n) is 2.50. The molecule has 0 aliphatic rings.